The normalized spacial score (nSPS) is 11.2. The highest BCUT2D eigenvalue weighted by atomic mass is 35.5. The van der Waals surface area contributed by atoms with Crippen LogP contribution in [0.1, 0.15) is 10.4 Å². The smallest absolute Gasteiger partial charge is 0.265 e. The summed E-state index contributed by atoms with van der Waals surface area (Å²) in [5.74, 6) is -1.37. The topological polar surface area (TPSA) is 54.5 Å². The maximum absolute atomic E-state index is 14.0. The van der Waals surface area contributed by atoms with Crippen LogP contribution in [0.3, 0.4) is 0 Å². The standard InChI is InChI=1S/C13H8Cl2FNO3S/c14-10-6-9(7-11(15)8-10)13(18)17(16)21(19,20)12-4-2-1-3-5-12/h1-8H. The van der Waals surface area contributed by atoms with Gasteiger partial charge in [0, 0.05) is 15.6 Å². The molecule has 0 aliphatic carbocycles. The van der Waals surface area contributed by atoms with E-state index in [9.17, 15) is 17.7 Å². The molecule has 4 nitrogen and oxygen atoms in total. The average molecular weight is 348 g/mol. The molecule has 0 unspecified atom stereocenters. The molecule has 0 aliphatic heterocycles. The van der Waals surface area contributed by atoms with Crippen molar-refractivity contribution >= 4 is 39.1 Å². The van der Waals surface area contributed by atoms with Crippen LogP contribution in [0, 0.1) is 0 Å². The molecule has 0 radical (unpaired) electrons. The number of sulfonamides is 1. The number of carbonyl (C=O) groups is 1. The summed E-state index contributed by atoms with van der Waals surface area (Å²) in [6.45, 7) is 0. The molecule has 0 aliphatic rings. The SMILES string of the molecule is O=C(c1cc(Cl)cc(Cl)c1)N(F)S(=O)(=O)c1ccccc1. The Morgan fingerprint density at radius 1 is 1.00 bits per heavy atom. The Morgan fingerprint density at radius 2 is 1.52 bits per heavy atom. The Hall–Kier alpha value is -1.63. The van der Waals surface area contributed by atoms with Crippen LogP contribution in [0.2, 0.25) is 10.0 Å². The Labute approximate surface area is 130 Å². The highest BCUT2D eigenvalue weighted by Gasteiger charge is 2.31. The first kappa shape index (κ1) is 15.8. The van der Waals surface area contributed by atoms with E-state index < -0.39 is 20.5 Å². The molecule has 8 heteroatoms. The maximum Gasteiger partial charge on any atom is 0.297 e. The average Bonchev–Trinajstić information content (AvgIpc) is 2.45. The number of nitrogens with zero attached hydrogens (tertiary/aromatic N) is 1. The van der Waals surface area contributed by atoms with Crippen molar-refractivity contribution in [1.82, 2.24) is 4.53 Å². The predicted octanol–water partition coefficient (Wildman–Crippen LogP) is 3.71. The summed E-state index contributed by atoms with van der Waals surface area (Å²) in [4.78, 5) is 11.6. The number of hydrogen-bond donors (Lipinski definition) is 0. The van der Waals surface area contributed by atoms with E-state index in [4.69, 9.17) is 23.2 Å². The molecule has 2 aromatic carbocycles. The molecule has 2 aromatic rings. The van der Waals surface area contributed by atoms with E-state index in [2.05, 4.69) is 0 Å². The molecule has 2 rings (SSSR count). The van der Waals surface area contributed by atoms with E-state index in [1.165, 1.54) is 30.3 Å². The minimum Gasteiger partial charge on any atom is -0.265 e. The zero-order valence-electron chi connectivity index (χ0n) is 10.3. The zero-order valence-corrected chi connectivity index (χ0v) is 12.7. The first-order valence-corrected chi connectivity index (χ1v) is 7.78. The second kappa shape index (κ2) is 6.01. The lowest BCUT2D eigenvalue weighted by molar-refractivity contribution is 0.0588. The van der Waals surface area contributed by atoms with Crippen molar-refractivity contribution < 1.29 is 17.7 Å². The molecule has 0 fully saturated rings. The van der Waals surface area contributed by atoms with Gasteiger partial charge in [-0.2, -0.15) is 8.42 Å². The molecule has 0 heterocycles. The Balaban J connectivity index is 2.39. The fraction of sp³-hybridized carbons (Fsp3) is 0. The van der Waals surface area contributed by atoms with Gasteiger partial charge in [-0.1, -0.05) is 50.4 Å². The van der Waals surface area contributed by atoms with Crippen LogP contribution in [0.25, 0.3) is 0 Å². The molecule has 0 bridgehead atoms. The summed E-state index contributed by atoms with van der Waals surface area (Å²) < 4.78 is 37.2. The van der Waals surface area contributed by atoms with Crippen molar-refractivity contribution in [3.8, 4) is 0 Å². The van der Waals surface area contributed by atoms with E-state index in [1.807, 2.05) is 0 Å². The highest BCUT2D eigenvalue weighted by Crippen LogP contribution is 2.23. The lowest BCUT2D eigenvalue weighted by Gasteiger charge is -2.13. The number of carbonyl (C=O) groups excluding carboxylic acids is 1. The minimum atomic E-state index is -4.58. The van der Waals surface area contributed by atoms with Crippen LogP contribution >= 0.6 is 23.2 Å². The zero-order chi connectivity index (χ0) is 15.6. The van der Waals surface area contributed by atoms with Crippen molar-refractivity contribution in [2.45, 2.75) is 4.90 Å². The summed E-state index contributed by atoms with van der Waals surface area (Å²) in [7, 11) is -4.58. The molecule has 0 saturated carbocycles. The van der Waals surface area contributed by atoms with Crippen molar-refractivity contribution in [3.05, 3.63) is 64.1 Å². The van der Waals surface area contributed by atoms with Gasteiger partial charge >= 0.3 is 0 Å². The first-order valence-electron chi connectivity index (χ1n) is 5.59. The van der Waals surface area contributed by atoms with Gasteiger partial charge in [0.15, 0.2) is 0 Å². The molecule has 0 aromatic heterocycles. The Bertz CT molecular complexity index is 761. The Kier molecular flexibility index (Phi) is 4.51. The number of rotatable bonds is 3. The summed E-state index contributed by atoms with van der Waals surface area (Å²) >= 11 is 11.4. The van der Waals surface area contributed by atoms with Gasteiger partial charge in [0.05, 0.1) is 4.90 Å². The van der Waals surface area contributed by atoms with Gasteiger partial charge in [-0.15, -0.1) is 0 Å². The van der Waals surface area contributed by atoms with Crippen LogP contribution in [0.5, 0.6) is 0 Å². The van der Waals surface area contributed by atoms with Crippen LogP contribution in [0.4, 0.5) is 4.48 Å². The Morgan fingerprint density at radius 3 is 2.05 bits per heavy atom. The van der Waals surface area contributed by atoms with Gasteiger partial charge in [-0.25, -0.2) is 0 Å². The van der Waals surface area contributed by atoms with Gasteiger partial charge in [-0.05, 0) is 30.3 Å². The van der Waals surface area contributed by atoms with Crippen molar-refractivity contribution in [2.75, 3.05) is 0 Å². The van der Waals surface area contributed by atoms with Gasteiger partial charge in [0.25, 0.3) is 15.9 Å². The first-order chi connectivity index (χ1) is 9.82. The van der Waals surface area contributed by atoms with Crippen molar-refractivity contribution in [3.63, 3.8) is 0 Å². The van der Waals surface area contributed by atoms with E-state index in [1.54, 1.807) is 6.07 Å². The monoisotopic (exact) mass is 347 g/mol. The third-order valence-corrected chi connectivity index (χ3v) is 4.41. The maximum atomic E-state index is 14.0. The van der Waals surface area contributed by atoms with E-state index in [-0.39, 0.29) is 20.5 Å². The number of halogens is 3. The third-order valence-electron chi connectivity index (χ3n) is 2.52. The lowest BCUT2D eigenvalue weighted by atomic mass is 10.2. The van der Waals surface area contributed by atoms with Crippen LogP contribution in [-0.2, 0) is 10.0 Å². The number of hydrogen-bond acceptors (Lipinski definition) is 3. The van der Waals surface area contributed by atoms with Gasteiger partial charge in [0.1, 0.15) is 0 Å². The third kappa shape index (κ3) is 3.34. The molecular formula is C13H8Cl2FNO3S. The summed E-state index contributed by atoms with van der Waals surface area (Å²) in [5.41, 5.74) is -0.269. The quantitative estimate of drug-likeness (QED) is 0.795. The van der Waals surface area contributed by atoms with E-state index in [0.29, 0.717) is 0 Å². The number of amides is 1. The van der Waals surface area contributed by atoms with E-state index >= 15 is 0 Å². The van der Waals surface area contributed by atoms with Crippen LogP contribution in [-0.4, -0.2) is 18.9 Å². The van der Waals surface area contributed by atoms with Gasteiger partial charge < -0.3 is 0 Å². The predicted molar refractivity (Wildman–Crippen MR) is 77.4 cm³/mol. The van der Waals surface area contributed by atoms with E-state index in [0.717, 1.165) is 12.1 Å². The fourth-order valence-corrected chi connectivity index (χ4v) is 3.11. The molecule has 0 atom stereocenters. The molecule has 0 N–H and O–H groups in total. The number of benzene rings is 2. The molecule has 0 saturated heterocycles. The second-order valence-electron chi connectivity index (χ2n) is 4.00. The highest BCUT2D eigenvalue weighted by molar-refractivity contribution is 7.89. The summed E-state index contributed by atoms with van der Waals surface area (Å²) in [6.07, 6.45) is 0. The molecule has 110 valence electrons. The molecule has 0 spiro atoms. The van der Waals surface area contributed by atoms with Gasteiger partial charge in [0.2, 0.25) is 0 Å². The fourth-order valence-electron chi connectivity index (χ4n) is 1.57. The van der Waals surface area contributed by atoms with Crippen LogP contribution < -0.4 is 0 Å². The van der Waals surface area contributed by atoms with Crippen LogP contribution in [0.15, 0.2) is 53.4 Å². The van der Waals surface area contributed by atoms with Gasteiger partial charge in [-0.3, -0.25) is 4.79 Å². The molecule has 21 heavy (non-hydrogen) atoms. The van der Waals surface area contributed by atoms with Crippen molar-refractivity contribution in [1.29, 1.82) is 0 Å². The lowest BCUT2D eigenvalue weighted by Crippen LogP contribution is -2.29. The summed E-state index contributed by atoms with van der Waals surface area (Å²) in [6, 6.07) is 10.4. The van der Waals surface area contributed by atoms with Crippen molar-refractivity contribution in [2.24, 2.45) is 0 Å². The minimum absolute atomic E-state index is 0.0939. The largest absolute Gasteiger partial charge is 0.297 e. The summed E-state index contributed by atoms with van der Waals surface area (Å²) in [5, 5.41) is 0.188. The molecule has 1 amide bonds. The second-order valence-corrected chi connectivity index (χ2v) is 6.61. The molecular weight excluding hydrogens is 340 g/mol.